The lowest BCUT2D eigenvalue weighted by atomic mass is 9.95. The maximum absolute atomic E-state index is 13.4. The highest BCUT2D eigenvalue weighted by molar-refractivity contribution is 5.65. The van der Waals surface area contributed by atoms with E-state index in [9.17, 15) is 4.39 Å². The van der Waals surface area contributed by atoms with Crippen molar-refractivity contribution in [3.05, 3.63) is 53.6 Å². The van der Waals surface area contributed by atoms with Crippen molar-refractivity contribution in [2.24, 2.45) is 0 Å². The summed E-state index contributed by atoms with van der Waals surface area (Å²) in [6, 6.07) is 10.4. The zero-order valence-electron chi connectivity index (χ0n) is 13.1. The van der Waals surface area contributed by atoms with Gasteiger partial charge < -0.3 is 5.11 Å². The smallest absolute Gasteiger partial charge is 0.213 e. The van der Waals surface area contributed by atoms with Crippen molar-refractivity contribution < 1.29 is 9.50 Å². The predicted molar refractivity (Wildman–Crippen MR) is 87.6 cm³/mol. The van der Waals surface area contributed by atoms with Gasteiger partial charge in [0.2, 0.25) is 5.95 Å². The Morgan fingerprint density at radius 3 is 2.87 bits per heavy atom. The van der Waals surface area contributed by atoms with Gasteiger partial charge in [-0.2, -0.15) is 4.39 Å². The number of rotatable bonds is 4. The van der Waals surface area contributed by atoms with Crippen LogP contribution in [0.1, 0.15) is 42.3 Å². The number of aliphatic hydroxyl groups is 1. The molecule has 1 aliphatic heterocycles. The number of halogens is 1. The Morgan fingerprint density at radius 2 is 2.04 bits per heavy atom. The molecular weight excluding hydrogens is 291 g/mol. The minimum absolute atomic E-state index is 0.246. The highest BCUT2D eigenvalue weighted by atomic mass is 19.1. The summed E-state index contributed by atoms with van der Waals surface area (Å²) in [6.45, 7) is 2.29. The van der Waals surface area contributed by atoms with Gasteiger partial charge in [0, 0.05) is 31.5 Å². The van der Waals surface area contributed by atoms with Crippen molar-refractivity contribution in [1.29, 1.82) is 0 Å². The van der Waals surface area contributed by atoms with Crippen molar-refractivity contribution in [3.63, 3.8) is 0 Å². The van der Waals surface area contributed by atoms with Gasteiger partial charge in [-0.05, 0) is 66.1 Å². The number of aliphatic hydroxyl groups excluding tert-OH is 1. The van der Waals surface area contributed by atoms with Gasteiger partial charge in [-0.3, -0.25) is 4.90 Å². The average Bonchev–Trinajstić information content (AvgIpc) is 2.87. The molecule has 1 unspecified atom stereocenters. The molecule has 2 aliphatic rings. The Balaban J connectivity index is 1.69. The van der Waals surface area contributed by atoms with Crippen LogP contribution in [0.15, 0.2) is 36.5 Å². The van der Waals surface area contributed by atoms with Gasteiger partial charge in [0.15, 0.2) is 0 Å². The molecule has 3 nitrogen and oxygen atoms in total. The van der Waals surface area contributed by atoms with Gasteiger partial charge in [0.1, 0.15) is 0 Å². The van der Waals surface area contributed by atoms with Crippen molar-refractivity contribution >= 4 is 0 Å². The molecule has 1 aliphatic carbocycles. The molecule has 1 saturated heterocycles. The van der Waals surface area contributed by atoms with Crippen LogP contribution in [0.2, 0.25) is 0 Å². The summed E-state index contributed by atoms with van der Waals surface area (Å²) < 4.78 is 13.4. The fourth-order valence-corrected chi connectivity index (χ4v) is 4.16. The third kappa shape index (κ3) is 2.66. The minimum atomic E-state index is -0.439. The molecule has 4 rings (SSSR count). The number of fused-ring (bicyclic) bond motifs is 5. The molecular formula is C19H21FN2O. The summed E-state index contributed by atoms with van der Waals surface area (Å²) in [6.07, 6.45) is 4.71. The predicted octanol–water partition coefficient (Wildman–Crippen LogP) is 3.50. The molecule has 2 heterocycles. The van der Waals surface area contributed by atoms with Gasteiger partial charge in [-0.1, -0.05) is 12.1 Å². The highest BCUT2D eigenvalue weighted by Crippen LogP contribution is 2.49. The van der Waals surface area contributed by atoms with Crippen LogP contribution < -0.4 is 0 Å². The maximum atomic E-state index is 13.4. The molecule has 1 aromatic carbocycles. The van der Waals surface area contributed by atoms with Crippen molar-refractivity contribution in [1.82, 2.24) is 9.88 Å². The summed E-state index contributed by atoms with van der Waals surface area (Å²) in [7, 11) is 0. The van der Waals surface area contributed by atoms with E-state index in [1.165, 1.54) is 36.2 Å². The Bertz CT molecular complexity index is 716. The van der Waals surface area contributed by atoms with Crippen molar-refractivity contribution in [2.45, 2.75) is 31.2 Å². The summed E-state index contributed by atoms with van der Waals surface area (Å²) in [5, 5.41) is 9.11. The van der Waals surface area contributed by atoms with E-state index >= 15 is 0 Å². The lowest BCUT2D eigenvalue weighted by Crippen LogP contribution is -2.33. The second kappa shape index (κ2) is 6.02. The number of piperidine rings is 1. The topological polar surface area (TPSA) is 36.4 Å². The molecule has 0 saturated carbocycles. The molecule has 1 aromatic heterocycles. The monoisotopic (exact) mass is 312 g/mol. The number of benzene rings is 1. The lowest BCUT2D eigenvalue weighted by molar-refractivity contribution is 0.139. The SMILES string of the molecule is OCCCN1CCC2C[C@H]1c1cc(-c3ccnc(F)c3)ccc12. The van der Waals surface area contributed by atoms with E-state index in [1.54, 1.807) is 0 Å². The van der Waals surface area contributed by atoms with Crippen LogP contribution in [0.25, 0.3) is 11.1 Å². The van der Waals surface area contributed by atoms with Crippen molar-refractivity contribution in [3.8, 4) is 11.1 Å². The van der Waals surface area contributed by atoms with Gasteiger partial charge >= 0.3 is 0 Å². The van der Waals surface area contributed by atoms with E-state index in [4.69, 9.17) is 5.11 Å². The van der Waals surface area contributed by atoms with Crippen molar-refractivity contribution in [2.75, 3.05) is 19.7 Å². The first-order chi connectivity index (χ1) is 11.3. The zero-order valence-corrected chi connectivity index (χ0v) is 13.1. The second-order valence-corrected chi connectivity index (χ2v) is 6.56. The summed E-state index contributed by atoms with van der Waals surface area (Å²) in [5.74, 6) is 0.218. The first kappa shape index (κ1) is 14.8. The number of pyridine rings is 1. The first-order valence-corrected chi connectivity index (χ1v) is 8.37. The number of nitrogens with zero attached hydrogens (tertiary/aromatic N) is 2. The van der Waals surface area contributed by atoms with E-state index in [2.05, 4.69) is 28.1 Å². The third-order valence-electron chi connectivity index (χ3n) is 5.26. The minimum Gasteiger partial charge on any atom is -0.396 e. The summed E-state index contributed by atoms with van der Waals surface area (Å²) in [5.41, 5.74) is 4.78. The number of hydrogen-bond acceptors (Lipinski definition) is 3. The molecule has 2 bridgehead atoms. The van der Waals surface area contributed by atoms with Crippen LogP contribution in [0.4, 0.5) is 4.39 Å². The lowest BCUT2D eigenvalue weighted by Gasteiger charge is -2.33. The van der Waals surface area contributed by atoms with Gasteiger partial charge in [-0.25, -0.2) is 4.98 Å². The van der Waals surface area contributed by atoms with E-state index < -0.39 is 5.95 Å². The summed E-state index contributed by atoms with van der Waals surface area (Å²) in [4.78, 5) is 6.13. The molecule has 120 valence electrons. The van der Waals surface area contributed by atoms with Crippen LogP contribution in [0, 0.1) is 5.95 Å². The normalized spacial score (nSPS) is 23.0. The Kier molecular flexibility index (Phi) is 3.87. The molecule has 0 radical (unpaired) electrons. The van der Waals surface area contributed by atoms with E-state index in [1.807, 2.05) is 6.07 Å². The molecule has 2 atom stereocenters. The van der Waals surface area contributed by atoms with Gasteiger partial charge in [-0.15, -0.1) is 0 Å². The van der Waals surface area contributed by atoms with E-state index in [0.717, 1.165) is 30.6 Å². The molecule has 0 amide bonds. The molecule has 1 N–H and O–H groups in total. The van der Waals surface area contributed by atoms with Crippen LogP contribution >= 0.6 is 0 Å². The number of likely N-dealkylation sites (tertiary alicyclic amines) is 1. The zero-order chi connectivity index (χ0) is 15.8. The van der Waals surface area contributed by atoms with E-state index in [0.29, 0.717) is 12.0 Å². The molecule has 0 spiro atoms. The maximum Gasteiger partial charge on any atom is 0.213 e. The summed E-state index contributed by atoms with van der Waals surface area (Å²) >= 11 is 0. The Morgan fingerprint density at radius 1 is 1.17 bits per heavy atom. The first-order valence-electron chi connectivity index (χ1n) is 8.37. The van der Waals surface area contributed by atoms with Crippen LogP contribution in [-0.4, -0.2) is 34.7 Å². The second-order valence-electron chi connectivity index (χ2n) is 6.56. The quantitative estimate of drug-likeness (QED) is 0.878. The average molecular weight is 312 g/mol. The molecule has 4 heteroatoms. The number of hydrogen-bond donors (Lipinski definition) is 1. The van der Waals surface area contributed by atoms with Crippen LogP contribution in [0.3, 0.4) is 0 Å². The largest absolute Gasteiger partial charge is 0.396 e. The number of aromatic nitrogens is 1. The standard InChI is InChI=1S/C19H21FN2O/c20-19-12-14(4-6-21-19)13-2-3-16-15-5-8-22(7-1-9-23)18(11-15)17(16)10-13/h2-4,6,10,12,15,18,23H,1,5,7-9,11H2/t15?,18-/m0/s1. The van der Waals surface area contributed by atoms with Gasteiger partial charge in [0.05, 0.1) is 0 Å². The molecule has 1 fully saturated rings. The fraction of sp³-hybridized carbons (Fsp3) is 0.421. The highest BCUT2D eigenvalue weighted by Gasteiger charge is 2.38. The van der Waals surface area contributed by atoms with Crippen LogP contribution in [0.5, 0.6) is 0 Å². The van der Waals surface area contributed by atoms with Gasteiger partial charge in [0.25, 0.3) is 0 Å². The Hall–Kier alpha value is -1.78. The van der Waals surface area contributed by atoms with E-state index in [-0.39, 0.29) is 6.61 Å². The third-order valence-corrected chi connectivity index (χ3v) is 5.26. The molecule has 2 aromatic rings. The Labute approximate surface area is 135 Å². The fourth-order valence-electron chi connectivity index (χ4n) is 4.16. The molecule has 23 heavy (non-hydrogen) atoms. The van der Waals surface area contributed by atoms with Crippen LogP contribution in [-0.2, 0) is 0 Å².